The number of ether oxygens (including phenoxy) is 2. The maximum Gasteiger partial charge on any atom is 0.410 e. The number of fused-ring (bicyclic) bond motifs is 1. The molecule has 0 spiro atoms. The van der Waals surface area contributed by atoms with Gasteiger partial charge in [0.25, 0.3) is 6.01 Å². The Bertz CT molecular complexity index is 657. The third-order valence-electron chi connectivity index (χ3n) is 3.76. The molecule has 1 aliphatic rings. The number of aromatic nitrogens is 2. The Hall–Kier alpha value is -2.24. The molecule has 1 amide bonds. The maximum atomic E-state index is 12.0. The highest BCUT2D eigenvalue weighted by molar-refractivity contribution is 5.75. The molecular formula is C17H23N3O3. The molecule has 124 valence electrons. The lowest BCUT2D eigenvalue weighted by molar-refractivity contribution is 0.0284. The molecule has 0 bridgehead atoms. The lowest BCUT2D eigenvalue weighted by Crippen LogP contribution is -2.35. The first-order valence-corrected chi connectivity index (χ1v) is 7.96. The number of carbonyl (C=O) groups is 1. The topological polar surface area (TPSA) is 67.4 Å². The van der Waals surface area contributed by atoms with Crippen LogP contribution in [-0.4, -0.2) is 46.3 Å². The number of nitrogens with one attached hydrogen (secondary N) is 1. The van der Waals surface area contributed by atoms with Crippen LogP contribution in [0.5, 0.6) is 6.01 Å². The van der Waals surface area contributed by atoms with E-state index in [1.807, 2.05) is 45.0 Å². The van der Waals surface area contributed by atoms with E-state index in [0.29, 0.717) is 31.6 Å². The fraction of sp³-hybridized carbons (Fsp3) is 0.529. The van der Waals surface area contributed by atoms with Crippen LogP contribution in [0.25, 0.3) is 11.0 Å². The molecule has 2 aromatic rings. The molecule has 6 heteroatoms. The number of para-hydroxylation sites is 2. The molecule has 1 fully saturated rings. The molecule has 1 unspecified atom stereocenters. The summed E-state index contributed by atoms with van der Waals surface area (Å²) < 4.78 is 11.2. The summed E-state index contributed by atoms with van der Waals surface area (Å²) in [6, 6.07) is 8.35. The van der Waals surface area contributed by atoms with Crippen molar-refractivity contribution >= 4 is 17.1 Å². The highest BCUT2D eigenvalue weighted by Gasteiger charge is 2.30. The van der Waals surface area contributed by atoms with Crippen molar-refractivity contribution in [1.29, 1.82) is 0 Å². The second kappa shape index (κ2) is 6.10. The number of aromatic amines is 1. The Balaban J connectivity index is 1.51. The number of hydrogen-bond acceptors (Lipinski definition) is 4. The van der Waals surface area contributed by atoms with Gasteiger partial charge in [-0.3, -0.25) is 0 Å². The molecule has 1 atom stereocenters. The van der Waals surface area contributed by atoms with Gasteiger partial charge in [-0.05, 0) is 39.3 Å². The number of likely N-dealkylation sites (tertiary alicyclic amines) is 1. The largest absolute Gasteiger partial charge is 0.464 e. The molecular weight excluding hydrogens is 294 g/mol. The quantitative estimate of drug-likeness (QED) is 0.944. The third kappa shape index (κ3) is 3.94. The van der Waals surface area contributed by atoms with Crippen molar-refractivity contribution in [3.8, 4) is 6.01 Å². The Kier molecular flexibility index (Phi) is 4.15. The molecule has 2 heterocycles. The molecule has 3 rings (SSSR count). The van der Waals surface area contributed by atoms with Crippen LogP contribution in [0.2, 0.25) is 0 Å². The third-order valence-corrected chi connectivity index (χ3v) is 3.76. The molecule has 0 radical (unpaired) electrons. The lowest BCUT2D eigenvalue weighted by Gasteiger charge is -2.24. The predicted molar refractivity (Wildman–Crippen MR) is 87.5 cm³/mol. The van der Waals surface area contributed by atoms with Crippen molar-refractivity contribution in [2.24, 2.45) is 5.92 Å². The average molecular weight is 317 g/mol. The van der Waals surface area contributed by atoms with Crippen molar-refractivity contribution in [3.05, 3.63) is 24.3 Å². The first-order chi connectivity index (χ1) is 10.9. The Labute approximate surface area is 135 Å². The van der Waals surface area contributed by atoms with Gasteiger partial charge >= 0.3 is 6.09 Å². The fourth-order valence-electron chi connectivity index (χ4n) is 2.66. The number of benzene rings is 1. The number of imidazole rings is 1. The first-order valence-electron chi connectivity index (χ1n) is 7.96. The van der Waals surface area contributed by atoms with Gasteiger partial charge in [-0.25, -0.2) is 4.79 Å². The summed E-state index contributed by atoms with van der Waals surface area (Å²) in [5.41, 5.74) is 1.40. The van der Waals surface area contributed by atoms with E-state index in [2.05, 4.69) is 9.97 Å². The van der Waals surface area contributed by atoms with Gasteiger partial charge in [-0.2, -0.15) is 4.98 Å². The number of carbonyl (C=O) groups excluding carboxylic acids is 1. The molecule has 1 aromatic carbocycles. The van der Waals surface area contributed by atoms with Gasteiger partial charge in [0.2, 0.25) is 0 Å². The van der Waals surface area contributed by atoms with Gasteiger partial charge in [0.05, 0.1) is 17.6 Å². The van der Waals surface area contributed by atoms with E-state index in [1.165, 1.54) is 0 Å². The number of rotatable bonds is 3. The predicted octanol–water partition coefficient (Wildman–Crippen LogP) is 3.20. The number of amides is 1. The van der Waals surface area contributed by atoms with Crippen LogP contribution in [-0.2, 0) is 4.74 Å². The van der Waals surface area contributed by atoms with Gasteiger partial charge in [0.1, 0.15) is 5.60 Å². The summed E-state index contributed by atoms with van der Waals surface area (Å²) in [6.45, 7) is 7.55. The van der Waals surface area contributed by atoms with Crippen molar-refractivity contribution in [1.82, 2.24) is 14.9 Å². The number of nitrogens with zero attached hydrogens (tertiary/aromatic N) is 2. The summed E-state index contributed by atoms with van der Waals surface area (Å²) in [6.07, 6.45) is 0.670. The van der Waals surface area contributed by atoms with Crippen molar-refractivity contribution in [3.63, 3.8) is 0 Å². The lowest BCUT2D eigenvalue weighted by atomic mass is 10.1. The zero-order chi connectivity index (χ0) is 16.4. The molecule has 23 heavy (non-hydrogen) atoms. The molecule has 0 saturated carbocycles. The summed E-state index contributed by atoms with van der Waals surface area (Å²) in [5, 5.41) is 0. The standard InChI is InChI=1S/C17H23N3O3/c1-17(2,3)23-16(21)20-9-8-12(10-20)11-22-15-18-13-6-4-5-7-14(13)19-15/h4-7,12H,8-11H2,1-3H3,(H,18,19). The minimum atomic E-state index is -0.458. The number of H-pyrrole nitrogens is 1. The molecule has 1 aromatic heterocycles. The molecule has 1 N–H and O–H groups in total. The first kappa shape index (κ1) is 15.6. The number of hydrogen-bond donors (Lipinski definition) is 1. The minimum Gasteiger partial charge on any atom is -0.464 e. The van der Waals surface area contributed by atoms with E-state index in [-0.39, 0.29) is 6.09 Å². The summed E-state index contributed by atoms with van der Waals surface area (Å²) in [5.74, 6) is 0.302. The fourth-order valence-corrected chi connectivity index (χ4v) is 2.66. The normalized spacial score (nSPS) is 18.4. The highest BCUT2D eigenvalue weighted by Crippen LogP contribution is 2.21. The monoisotopic (exact) mass is 317 g/mol. The van der Waals surface area contributed by atoms with E-state index >= 15 is 0 Å². The zero-order valence-corrected chi connectivity index (χ0v) is 13.8. The second-order valence-corrected chi connectivity index (χ2v) is 6.95. The van der Waals surface area contributed by atoms with E-state index in [1.54, 1.807) is 4.90 Å². The van der Waals surface area contributed by atoms with Gasteiger partial charge < -0.3 is 19.4 Å². The van der Waals surface area contributed by atoms with Crippen LogP contribution >= 0.6 is 0 Å². The van der Waals surface area contributed by atoms with Gasteiger partial charge in [0, 0.05) is 19.0 Å². The van der Waals surface area contributed by atoms with Crippen LogP contribution in [0.3, 0.4) is 0 Å². The maximum absolute atomic E-state index is 12.0. The molecule has 1 saturated heterocycles. The Morgan fingerprint density at radius 2 is 2.17 bits per heavy atom. The van der Waals surface area contributed by atoms with E-state index in [0.717, 1.165) is 17.5 Å². The zero-order valence-electron chi connectivity index (χ0n) is 13.8. The average Bonchev–Trinajstić information content (AvgIpc) is 3.09. The second-order valence-electron chi connectivity index (χ2n) is 6.95. The Morgan fingerprint density at radius 3 is 2.91 bits per heavy atom. The Morgan fingerprint density at radius 1 is 1.39 bits per heavy atom. The van der Waals surface area contributed by atoms with Crippen LogP contribution in [0.4, 0.5) is 4.79 Å². The van der Waals surface area contributed by atoms with E-state index in [9.17, 15) is 4.79 Å². The smallest absolute Gasteiger partial charge is 0.410 e. The SMILES string of the molecule is CC(C)(C)OC(=O)N1CCC(COc2nc3ccccc3[nH]2)C1. The van der Waals surface area contributed by atoms with Crippen LogP contribution in [0.1, 0.15) is 27.2 Å². The van der Waals surface area contributed by atoms with Gasteiger partial charge in [-0.15, -0.1) is 0 Å². The summed E-state index contributed by atoms with van der Waals surface area (Å²) in [4.78, 5) is 21.3. The summed E-state index contributed by atoms with van der Waals surface area (Å²) >= 11 is 0. The van der Waals surface area contributed by atoms with E-state index in [4.69, 9.17) is 9.47 Å². The van der Waals surface area contributed by atoms with Crippen molar-refractivity contribution < 1.29 is 14.3 Å². The molecule has 6 nitrogen and oxygen atoms in total. The van der Waals surface area contributed by atoms with Crippen LogP contribution in [0, 0.1) is 5.92 Å². The van der Waals surface area contributed by atoms with Crippen molar-refractivity contribution in [2.75, 3.05) is 19.7 Å². The summed E-state index contributed by atoms with van der Waals surface area (Å²) in [7, 11) is 0. The van der Waals surface area contributed by atoms with Crippen LogP contribution in [0.15, 0.2) is 24.3 Å². The van der Waals surface area contributed by atoms with E-state index < -0.39 is 5.60 Å². The minimum absolute atomic E-state index is 0.247. The van der Waals surface area contributed by atoms with Gasteiger partial charge in [0.15, 0.2) is 0 Å². The molecule has 1 aliphatic heterocycles. The van der Waals surface area contributed by atoms with Gasteiger partial charge in [-0.1, -0.05) is 12.1 Å². The molecule has 0 aliphatic carbocycles. The highest BCUT2D eigenvalue weighted by atomic mass is 16.6. The van der Waals surface area contributed by atoms with Crippen LogP contribution < -0.4 is 4.74 Å². The van der Waals surface area contributed by atoms with Crippen molar-refractivity contribution in [2.45, 2.75) is 32.8 Å².